The number of nitrogens with one attached hydrogen (secondary N) is 1. The molecular formula is C37H44N2O5. The molecule has 0 aliphatic heterocycles. The molecule has 3 aromatic carbocycles. The maximum atomic E-state index is 13.6. The van der Waals surface area contributed by atoms with Crippen LogP contribution in [0, 0.1) is 11.8 Å². The van der Waals surface area contributed by atoms with E-state index >= 15 is 0 Å². The fourth-order valence-corrected chi connectivity index (χ4v) is 5.04. The molecule has 0 aromatic heterocycles. The summed E-state index contributed by atoms with van der Waals surface area (Å²) < 4.78 is 5.84. The summed E-state index contributed by atoms with van der Waals surface area (Å²) in [6.07, 6.45) is 5.49. The van der Waals surface area contributed by atoms with Gasteiger partial charge in [0.25, 0.3) is 0 Å². The van der Waals surface area contributed by atoms with E-state index in [9.17, 15) is 19.5 Å². The SMILES string of the molecule is C=CCC[C@H](Cc1ccccc1)C(=O)OC[C@H](NC(=O)[C@H](CC=C)CC(=O)N(CCO)Cc1ccccc1)c1ccccc1. The Labute approximate surface area is 261 Å². The summed E-state index contributed by atoms with van der Waals surface area (Å²) in [7, 11) is 0. The van der Waals surface area contributed by atoms with E-state index < -0.39 is 12.0 Å². The van der Waals surface area contributed by atoms with Gasteiger partial charge in [0.2, 0.25) is 11.8 Å². The van der Waals surface area contributed by atoms with E-state index in [1.165, 1.54) is 0 Å². The van der Waals surface area contributed by atoms with Crippen molar-refractivity contribution in [2.24, 2.45) is 11.8 Å². The van der Waals surface area contributed by atoms with Crippen LogP contribution in [0.3, 0.4) is 0 Å². The molecule has 0 unspecified atom stereocenters. The van der Waals surface area contributed by atoms with Gasteiger partial charge in [-0.05, 0) is 42.4 Å². The van der Waals surface area contributed by atoms with Crippen LogP contribution < -0.4 is 5.32 Å². The second-order valence-electron chi connectivity index (χ2n) is 10.8. The molecule has 0 saturated carbocycles. The number of ether oxygens (including phenoxy) is 1. The number of allylic oxidation sites excluding steroid dienone is 2. The first-order valence-electron chi connectivity index (χ1n) is 15.1. The number of esters is 1. The molecule has 7 heteroatoms. The number of hydrogen-bond acceptors (Lipinski definition) is 5. The Bertz CT molecular complexity index is 1310. The molecule has 7 nitrogen and oxygen atoms in total. The standard InChI is InChI=1S/C37H44N2O5/c1-3-5-20-33(25-29-16-9-6-10-17-29)37(43)44-28-34(31-21-13-8-14-22-31)38-36(42)32(15-4-2)26-35(41)39(23-24-40)27-30-18-11-7-12-19-30/h3-4,6-14,16-19,21-22,32-34,40H,1-2,5,15,20,23-28H2,(H,38,42)/t32-,33-,34+/m1/s1. The summed E-state index contributed by atoms with van der Waals surface area (Å²) in [6, 6.07) is 28.1. The highest BCUT2D eigenvalue weighted by molar-refractivity contribution is 5.86. The summed E-state index contributed by atoms with van der Waals surface area (Å²) in [5.41, 5.74) is 2.77. The van der Waals surface area contributed by atoms with Gasteiger partial charge in [-0.3, -0.25) is 14.4 Å². The lowest BCUT2D eigenvalue weighted by Crippen LogP contribution is -2.40. The topological polar surface area (TPSA) is 95.9 Å². The molecule has 3 rings (SSSR count). The summed E-state index contributed by atoms with van der Waals surface area (Å²) in [5, 5.41) is 12.6. The maximum absolute atomic E-state index is 13.6. The highest BCUT2D eigenvalue weighted by Crippen LogP contribution is 2.21. The Kier molecular flexibility index (Phi) is 14.6. The number of carbonyl (C=O) groups is 3. The van der Waals surface area contributed by atoms with E-state index in [1.54, 1.807) is 17.1 Å². The minimum atomic E-state index is -0.683. The van der Waals surface area contributed by atoms with Crippen LogP contribution in [-0.4, -0.2) is 47.5 Å². The molecule has 0 aliphatic carbocycles. The lowest BCUT2D eigenvalue weighted by atomic mass is 9.94. The highest BCUT2D eigenvalue weighted by Gasteiger charge is 2.28. The number of aliphatic hydroxyl groups excluding tert-OH is 1. The van der Waals surface area contributed by atoms with E-state index in [0.29, 0.717) is 25.8 Å². The van der Waals surface area contributed by atoms with Crippen LogP contribution in [0.25, 0.3) is 0 Å². The van der Waals surface area contributed by atoms with Gasteiger partial charge < -0.3 is 20.1 Å². The Morgan fingerprint density at radius 2 is 1.45 bits per heavy atom. The van der Waals surface area contributed by atoms with Crippen molar-refractivity contribution < 1.29 is 24.2 Å². The van der Waals surface area contributed by atoms with Gasteiger partial charge in [0.15, 0.2) is 0 Å². The summed E-state index contributed by atoms with van der Waals surface area (Å²) in [4.78, 5) is 41.8. The number of benzene rings is 3. The Morgan fingerprint density at radius 1 is 0.841 bits per heavy atom. The number of hydrogen-bond donors (Lipinski definition) is 2. The molecule has 3 aromatic rings. The van der Waals surface area contributed by atoms with Gasteiger partial charge in [-0.25, -0.2) is 0 Å². The minimum absolute atomic E-state index is 0.0482. The molecule has 0 saturated heterocycles. The van der Waals surface area contributed by atoms with Crippen molar-refractivity contribution in [3.05, 3.63) is 133 Å². The van der Waals surface area contributed by atoms with Crippen molar-refractivity contribution in [1.82, 2.24) is 10.2 Å². The summed E-state index contributed by atoms with van der Waals surface area (Å²) in [6.45, 7) is 7.85. The highest BCUT2D eigenvalue weighted by atomic mass is 16.5. The Balaban J connectivity index is 1.71. The largest absolute Gasteiger partial charge is 0.463 e. The average Bonchev–Trinajstić information content (AvgIpc) is 3.05. The van der Waals surface area contributed by atoms with Gasteiger partial charge in [-0.15, -0.1) is 13.2 Å². The Hall–Kier alpha value is -4.49. The second-order valence-corrected chi connectivity index (χ2v) is 10.8. The maximum Gasteiger partial charge on any atom is 0.309 e. The van der Waals surface area contributed by atoms with Crippen LogP contribution in [-0.2, 0) is 32.1 Å². The first-order valence-corrected chi connectivity index (χ1v) is 15.1. The van der Waals surface area contributed by atoms with Crippen molar-refractivity contribution >= 4 is 17.8 Å². The number of nitrogens with zero attached hydrogens (tertiary/aromatic N) is 1. The molecule has 2 N–H and O–H groups in total. The third-order valence-corrected chi connectivity index (χ3v) is 7.47. The van der Waals surface area contributed by atoms with E-state index in [2.05, 4.69) is 18.5 Å². The predicted molar refractivity (Wildman–Crippen MR) is 173 cm³/mol. The molecule has 3 atom stereocenters. The molecule has 0 radical (unpaired) electrons. The van der Waals surface area contributed by atoms with Crippen LogP contribution in [0.15, 0.2) is 116 Å². The van der Waals surface area contributed by atoms with Crippen molar-refractivity contribution in [2.75, 3.05) is 19.8 Å². The first-order chi connectivity index (χ1) is 21.4. The second kappa shape index (κ2) is 18.9. The number of amides is 2. The van der Waals surface area contributed by atoms with Crippen LogP contribution in [0.1, 0.15) is 48.4 Å². The normalized spacial score (nSPS) is 12.8. The van der Waals surface area contributed by atoms with E-state index in [1.807, 2.05) is 91.0 Å². The zero-order valence-electron chi connectivity index (χ0n) is 25.4. The molecule has 2 amide bonds. The predicted octanol–water partition coefficient (Wildman–Crippen LogP) is 5.82. The van der Waals surface area contributed by atoms with Crippen LogP contribution in [0.2, 0.25) is 0 Å². The van der Waals surface area contributed by atoms with Gasteiger partial charge in [0.1, 0.15) is 6.61 Å². The Morgan fingerprint density at radius 3 is 2.05 bits per heavy atom. The number of aliphatic hydroxyl groups is 1. The average molecular weight is 597 g/mol. The van der Waals surface area contributed by atoms with E-state index in [4.69, 9.17) is 4.74 Å². The zero-order valence-corrected chi connectivity index (χ0v) is 25.4. The van der Waals surface area contributed by atoms with Crippen LogP contribution in [0.4, 0.5) is 0 Å². The zero-order chi connectivity index (χ0) is 31.6. The van der Waals surface area contributed by atoms with Gasteiger partial charge in [-0.1, -0.05) is 103 Å². The fourth-order valence-electron chi connectivity index (χ4n) is 5.04. The van der Waals surface area contributed by atoms with Gasteiger partial charge in [0, 0.05) is 19.5 Å². The van der Waals surface area contributed by atoms with Crippen molar-refractivity contribution in [1.29, 1.82) is 0 Å². The van der Waals surface area contributed by atoms with Crippen molar-refractivity contribution in [2.45, 2.75) is 44.7 Å². The molecule has 44 heavy (non-hydrogen) atoms. The number of carbonyl (C=O) groups excluding carboxylic acids is 3. The summed E-state index contributed by atoms with van der Waals surface area (Å²) in [5.74, 6) is -1.93. The fraction of sp³-hybridized carbons (Fsp3) is 0.324. The smallest absolute Gasteiger partial charge is 0.309 e. The molecule has 0 fully saturated rings. The number of rotatable bonds is 19. The molecule has 232 valence electrons. The lowest BCUT2D eigenvalue weighted by molar-refractivity contribution is -0.150. The van der Waals surface area contributed by atoms with Gasteiger partial charge in [0.05, 0.1) is 24.5 Å². The van der Waals surface area contributed by atoms with E-state index in [-0.39, 0.29) is 56.3 Å². The molecular weight excluding hydrogens is 552 g/mol. The minimum Gasteiger partial charge on any atom is -0.463 e. The quantitative estimate of drug-likeness (QED) is 0.134. The third-order valence-electron chi connectivity index (χ3n) is 7.47. The molecule has 0 bridgehead atoms. The van der Waals surface area contributed by atoms with Crippen molar-refractivity contribution in [3.63, 3.8) is 0 Å². The lowest BCUT2D eigenvalue weighted by Gasteiger charge is -2.26. The monoisotopic (exact) mass is 596 g/mol. The van der Waals surface area contributed by atoms with Gasteiger partial charge in [-0.2, -0.15) is 0 Å². The third kappa shape index (κ3) is 11.3. The van der Waals surface area contributed by atoms with Gasteiger partial charge >= 0.3 is 5.97 Å². The van der Waals surface area contributed by atoms with Crippen molar-refractivity contribution in [3.8, 4) is 0 Å². The molecule has 0 spiro atoms. The molecule has 0 heterocycles. The first kappa shape index (κ1) is 34.0. The van der Waals surface area contributed by atoms with E-state index in [0.717, 1.165) is 16.7 Å². The molecule has 0 aliphatic rings. The van der Waals surface area contributed by atoms with Crippen LogP contribution >= 0.6 is 0 Å². The summed E-state index contributed by atoms with van der Waals surface area (Å²) >= 11 is 0. The van der Waals surface area contributed by atoms with Crippen LogP contribution in [0.5, 0.6) is 0 Å².